The molecule has 0 aliphatic heterocycles. The van der Waals surface area contributed by atoms with E-state index in [1.54, 1.807) is 0 Å². The maximum absolute atomic E-state index is 12.0. The van der Waals surface area contributed by atoms with E-state index < -0.39 is 28.2 Å². The molecular weight excluding hydrogens is 253 g/mol. The van der Waals surface area contributed by atoms with Crippen LogP contribution in [0, 0.1) is 11.8 Å². The Morgan fingerprint density at radius 1 is 1.12 bits per heavy atom. The highest BCUT2D eigenvalue weighted by atomic mass is 32.2. The SMILES string of the molecule is CC1CCC(CS(=O)(=O)CCC(F)(F)F)CC1. The van der Waals surface area contributed by atoms with Gasteiger partial charge in [-0.25, -0.2) is 8.42 Å². The number of alkyl halides is 3. The van der Waals surface area contributed by atoms with E-state index in [1.807, 2.05) is 0 Å². The summed E-state index contributed by atoms with van der Waals surface area (Å²) >= 11 is 0. The molecule has 0 amide bonds. The molecule has 6 heteroatoms. The molecule has 0 atom stereocenters. The van der Waals surface area contributed by atoms with Crippen LogP contribution in [-0.2, 0) is 9.84 Å². The van der Waals surface area contributed by atoms with Gasteiger partial charge in [-0.3, -0.25) is 0 Å². The highest BCUT2D eigenvalue weighted by Gasteiger charge is 2.31. The lowest BCUT2D eigenvalue weighted by atomic mass is 9.84. The molecule has 17 heavy (non-hydrogen) atoms. The van der Waals surface area contributed by atoms with E-state index in [-0.39, 0.29) is 11.7 Å². The molecule has 0 N–H and O–H groups in total. The predicted octanol–water partition coefficient (Wildman–Crippen LogP) is 3.18. The molecular formula is C11H19F3O2S. The van der Waals surface area contributed by atoms with Crippen molar-refractivity contribution in [2.24, 2.45) is 11.8 Å². The fourth-order valence-electron chi connectivity index (χ4n) is 2.21. The van der Waals surface area contributed by atoms with Crippen LogP contribution in [0.4, 0.5) is 13.2 Å². The van der Waals surface area contributed by atoms with Crippen molar-refractivity contribution < 1.29 is 21.6 Å². The van der Waals surface area contributed by atoms with Crippen molar-refractivity contribution in [3.63, 3.8) is 0 Å². The molecule has 1 rings (SSSR count). The highest BCUT2D eigenvalue weighted by molar-refractivity contribution is 7.91. The van der Waals surface area contributed by atoms with Crippen LogP contribution in [-0.4, -0.2) is 26.1 Å². The van der Waals surface area contributed by atoms with E-state index in [0.29, 0.717) is 5.92 Å². The average molecular weight is 272 g/mol. The number of sulfone groups is 1. The molecule has 102 valence electrons. The van der Waals surface area contributed by atoms with Gasteiger partial charge >= 0.3 is 6.18 Å². The van der Waals surface area contributed by atoms with Crippen molar-refractivity contribution in [1.29, 1.82) is 0 Å². The zero-order valence-corrected chi connectivity index (χ0v) is 10.8. The number of hydrogen-bond acceptors (Lipinski definition) is 2. The predicted molar refractivity (Wildman–Crippen MR) is 60.4 cm³/mol. The van der Waals surface area contributed by atoms with Gasteiger partial charge in [0.25, 0.3) is 0 Å². The first-order valence-corrected chi connectivity index (χ1v) is 7.77. The summed E-state index contributed by atoms with van der Waals surface area (Å²) in [5.41, 5.74) is 0. The third kappa shape index (κ3) is 6.29. The Bertz CT molecular complexity index is 327. The smallest absolute Gasteiger partial charge is 0.229 e. The van der Waals surface area contributed by atoms with Gasteiger partial charge in [0, 0.05) is 0 Å². The van der Waals surface area contributed by atoms with Crippen LogP contribution in [0.5, 0.6) is 0 Å². The summed E-state index contributed by atoms with van der Waals surface area (Å²) in [4.78, 5) is 0. The Morgan fingerprint density at radius 2 is 1.65 bits per heavy atom. The van der Waals surface area contributed by atoms with Gasteiger partial charge < -0.3 is 0 Å². The summed E-state index contributed by atoms with van der Waals surface area (Å²) in [5, 5.41) is 0. The molecule has 1 aliphatic rings. The van der Waals surface area contributed by atoms with E-state index in [4.69, 9.17) is 0 Å². The molecule has 0 aromatic rings. The second-order valence-electron chi connectivity index (χ2n) is 5.11. The van der Waals surface area contributed by atoms with Crippen LogP contribution < -0.4 is 0 Å². The maximum atomic E-state index is 12.0. The van der Waals surface area contributed by atoms with E-state index in [0.717, 1.165) is 25.7 Å². The lowest BCUT2D eigenvalue weighted by Crippen LogP contribution is -2.25. The first kappa shape index (κ1) is 14.8. The first-order valence-electron chi connectivity index (χ1n) is 5.95. The summed E-state index contributed by atoms with van der Waals surface area (Å²) < 4.78 is 58.9. The third-order valence-corrected chi connectivity index (χ3v) is 5.13. The van der Waals surface area contributed by atoms with Crippen molar-refractivity contribution in [3.05, 3.63) is 0 Å². The minimum absolute atomic E-state index is 0.0597. The minimum Gasteiger partial charge on any atom is -0.229 e. The quantitative estimate of drug-likeness (QED) is 0.787. The fourth-order valence-corrected chi connectivity index (χ4v) is 3.97. The van der Waals surface area contributed by atoms with Crippen molar-refractivity contribution in [2.45, 2.75) is 45.2 Å². The average Bonchev–Trinajstić information content (AvgIpc) is 2.18. The van der Waals surface area contributed by atoms with Gasteiger partial charge in [-0.2, -0.15) is 13.2 Å². The fraction of sp³-hybridized carbons (Fsp3) is 1.00. The van der Waals surface area contributed by atoms with Crippen LogP contribution in [0.2, 0.25) is 0 Å². The van der Waals surface area contributed by atoms with Crippen LogP contribution in [0.3, 0.4) is 0 Å². The zero-order valence-electron chi connectivity index (χ0n) is 9.96. The third-order valence-electron chi connectivity index (χ3n) is 3.32. The van der Waals surface area contributed by atoms with Gasteiger partial charge in [-0.15, -0.1) is 0 Å². The van der Waals surface area contributed by atoms with Crippen molar-refractivity contribution in [2.75, 3.05) is 11.5 Å². The zero-order chi connectivity index (χ0) is 13.1. The Kier molecular flexibility index (Phi) is 4.86. The largest absolute Gasteiger partial charge is 0.390 e. The van der Waals surface area contributed by atoms with Crippen molar-refractivity contribution >= 4 is 9.84 Å². The van der Waals surface area contributed by atoms with E-state index >= 15 is 0 Å². The Morgan fingerprint density at radius 3 is 2.12 bits per heavy atom. The highest BCUT2D eigenvalue weighted by Crippen LogP contribution is 2.30. The van der Waals surface area contributed by atoms with Gasteiger partial charge in [-0.05, 0) is 24.7 Å². The molecule has 0 heterocycles. The number of halogens is 3. The van der Waals surface area contributed by atoms with Crippen LogP contribution in [0.1, 0.15) is 39.0 Å². The maximum Gasteiger partial charge on any atom is 0.390 e. The Hall–Kier alpha value is -0.260. The second-order valence-corrected chi connectivity index (χ2v) is 7.33. The van der Waals surface area contributed by atoms with Gasteiger partial charge in [0.2, 0.25) is 0 Å². The monoisotopic (exact) mass is 272 g/mol. The normalized spacial score (nSPS) is 27.1. The molecule has 2 nitrogen and oxygen atoms in total. The molecule has 0 spiro atoms. The van der Waals surface area contributed by atoms with E-state index in [2.05, 4.69) is 6.92 Å². The molecule has 0 saturated heterocycles. The van der Waals surface area contributed by atoms with Crippen molar-refractivity contribution in [3.8, 4) is 0 Å². The molecule has 1 aliphatic carbocycles. The molecule has 0 bridgehead atoms. The summed E-state index contributed by atoms with van der Waals surface area (Å²) in [6.45, 7) is 2.12. The molecule has 0 unspecified atom stereocenters. The topological polar surface area (TPSA) is 34.1 Å². The lowest BCUT2D eigenvalue weighted by molar-refractivity contribution is -0.129. The molecule has 1 fully saturated rings. The molecule has 1 saturated carbocycles. The molecule has 0 radical (unpaired) electrons. The van der Waals surface area contributed by atoms with Crippen molar-refractivity contribution in [1.82, 2.24) is 0 Å². The van der Waals surface area contributed by atoms with Gasteiger partial charge in [0.1, 0.15) is 0 Å². The van der Waals surface area contributed by atoms with E-state index in [1.165, 1.54) is 0 Å². The standard InChI is InChI=1S/C11H19F3O2S/c1-9-2-4-10(5-3-9)8-17(15,16)7-6-11(12,13)14/h9-10H,2-8H2,1H3. The summed E-state index contributed by atoms with van der Waals surface area (Å²) in [6.07, 6.45) is -1.98. The van der Waals surface area contributed by atoms with E-state index in [9.17, 15) is 21.6 Å². The van der Waals surface area contributed by atoms with Gasteiger partial charge in [0.05, 0.1) is 17.9 Å². The van der Waals surface area contributed by atoms with Crippen LogP contribution in [0.25, 0.3) is 0 Å². The van der Waals surface area contributed by atoms with Crippen LogP contribution in [0.15, 0.2) is 0 Å². The summed E-state index contributed by atoms with van der Waals surface area (Å²) in [5.74, 6) is -0.160. The van der Waals surface area contributed by atoms with Crippen LogP contribution >= 0.6 is 0 Å². The summed E-state index contributed by atoms with van der Waals surface area (Å²) in [6, 6.07) is 0. The Labute approximate surface area is 101 Å². The van der Waals surface area contributed by atoms with Gasteiger partial charge in [0.15, 0.2) is 9.84 Å². The molecule has 0 aromatic heterocycles. The molecule has 0 aromatic carbocycles. The number of hydrogen-bond donors (Lipinski definition) is 0. The Balaban J connectivity index is 2.39. The second kappa shape index (κ2) is 5.59. The van der Waals surface area contributed by atoms with Gasteiger partial charge in [-0.1, -0.05) is 19.8 Å². The summed E-state index contributed by atoms with van der Waals surface area (Å²) in [7, 11) is -3.55. The minimum atomic E-state index is -4.38. The first-order chi connectivity index (χ1) is 7.68. The lowest BCUT2D eigenvalue weighted by Gasteiger charge is -2.25. The number of rotatable bonds is 4.